The average Bonchev–Trinajstić information content (AvgIpc) is 2.85. The molecule has 2 N–H and O–H groups in total. The number of carbonyl (C=O) groups is 1. The van der Waals surface area contributed by atoms with Crippen molar-refractivity contribution >= 4 is 5.91 Å². The molecule has 0 bridgehead atoms. The molecule has 0 aromatic heterocycles. The molecule has 0 aliphatic carbocycles. The topological polar surface area (TPSA) is 60.8 Å². The maximum atomic E-state index is 13.2. The molecule has 1 heterocycles. The fourth-order valence-electron chi connectivity index (χ4n) is 4.60. The summed E-state index contributed by atoms with van der Waals surface area (Å²) in [4.78, 5) is 15.0. The molecule has 1 saturated heterocycles. The highest BCUT2D eigenvalue weighted by atomic mass is 16.3. The van der Waals surface area contributed by atoms with E-state index in [-0.39, 0.29) is 12.3 Å². The van der Waals surface area contributed by atoms with E-state index >= 15 is 0 Å². The Kier molecular flexibility index (Phi) is 6.73. The van der Waals surface area contributed by atoms with Crippen LogP contribution in [0.1, 0.15) is 42.4 Å². The number of aryl methyl sites for hydroxylation is 1. The van der Waals surface area contributed by atoms with E-state index in [9.17, 15) is 15.0 Å². The number of amides is 1. The van der Waals surface area contributed by atoms with Crippen molar-refractivity contribution in [1.29, 1.82) is 0 Å². The lowest BCUT2D eigenvalue weighted by Crippen LogP contribution is -2.47. The minimum atomic E-state index is -1.23. The fraction of sp³-hybridized carbons (Fsp3) is 0.321. The zero-order valence-electron chi connectivity index (χ0n) is 18.4. The first-order valence-electron chi connectivity index (χ1n) is 11.4. The van der Waals surface area contributed by atoms with Crippen molar-refractivity contribution in [2.24, 2.45) is 0 Å². The van der Waals surface area contributed by atoms with Crippen molar-refractivity contribution in [2.75, 3.05) is 13.1 Å². The summed E-state index contributed by atoms with van der Waals surface area (Å²) >= 11 is 0. The Morgan fingerprint density at radius 3 is 1.97 bits per heavy atom. The van der Waals surface area contributed by atoms with E-state index in [1.807, 2.05) is 91.0 Å². The van der Waals surface area contributed by atoms with Crippen LogP contribution in [0.2, 0.25) is 0 Å². The molecule has 3 aromatic carbocycles. The number of aliphatic hydroxyl groups is 2. The largest absolute Gasteiger partial charge is 0.385 e. The van der Waals surface area contributed by atoms with Gasteiger partial charge < -0.3 is 15.1 Å². The van der Waals surface area contributed by atoms with Gasteiger partial charge in [-0.15, -0.1) is 0 Å². The van der Waals surface area contributed by atoms with E-state index in [1.54, 1.807) is 4.90 Å². The van der Waals surface area contributed by atoms with E-state index in [4.69, 9.17) is 0 Å². The van der Waals surface area contributed by atoms with Gasteiger partial charge in [-0.2, -0.15) is 0 Å². The second-order valence-corrected chi connectivity index (χ2v) is 8.84. The number of hydrogen-bond donors (Lipinski definition) is 2. The van der Waals surface area contributed by atoms with Gasteiger partial charge in [-0.3, -0.25) is 4.79 Å². The van der Waals surface area contributed by atoms with Crippen molar-refractivity contribution in [1.82, 2.24) is 4.90 Å². The number of hydrogen-bond acceptors (Lipinski definition) is 3. The summed E-state index contributed by atoms with van der Waals surface area (Å²) < 4.78 is 0. The third kappa shape index (κ3) is 5.09. The summed E-state index contributed by atoms with van der Waals surface area (Å²) in [5, 5.41) is 22.7. The molecule has 1 fully saturated rings. The van der Waals surface area contributed by atoms with Crippen LogP contribution in [-0.2, 0) is 22.4 Å². The molecule has 32 heavy (non-hydrogen) atoms. The highest BCUT2D eigenvalue weighted by molar-refractivity contribution is 5.77. The molecule has 1 atom stereocenters. The van der Waals surface area contributed by atoms with Crippen LogP contribution < -0.4 is 0 Å². The summed E-state index contributed by atoms with van der Waals surface area (Å²) in [5.41, 5.74) is 0.667. The van der Waals surface area contributed by atoms with E-state index in [0.717, 1.165) is 16.7 Å². The lowest BCUT2D eigenvalue weighted by atomic mass is 9.82. The Labute approximate surface area is 190 Å². The molecular formula is C28H31NO3. The van der Waals surface area contributed by atoms with Crippen LogP contribution in [0.15, 0.2) is 91.0 Å². The normalized spacial score (nSPS) is 17.5. The molecule has 1 aliphatic rings. The van der Waals surface area contributed by atoms with Gasteiger partial charge in [0.15, 0.2) is 0 Å². The summed E-state index contributed by atoms with van der Waals surface area (Å²) in [6.45, 7) is 0.960. The van der Waals surface area contributed by atoms with Crippen LogP contribution in [0.4, 0.5) is 0 Å². The number of nitrogens with zero attached hydrogens (tertiary/aromatic N) is 1. The lowest BCUT2D eigenvalue weighted by Gasteiger charge is -2.40. The predicted octanol–water partition coefficient (Wildman–Crippen LogP) is 4.41. The Hall–Kier alpha value is -2.95. The van der Waals surface area contributed by atoms with E-state index < -0.39 is 11.2 Å². The first-order valence-corrected chi connectivity index (χ1v) is 11.4. The number of rotatable bonds is 7. The van der Waals surface area contributed by atoms with Crippen molar-refractivity contribution in [3.8, 4) is 0 Å². The molecule has 0 radical (unpaired) electrons. The number of carbonyl (C=O) groups excluding carboxylic acids is 1. The first kappa shape index (κ1) is 22.3. The minimum absolute atomic E-state index is 0.0353. The van der Waals surface area contributed by atoms with Gasteiger partial charge in [0.1, 0.15) is 0 Å². The SMILES string of the molecule is O=C(C[C@@](O)(CCc1ccccc1)c1ccccc1)N1CCC(O)(c2ccccc2)CC1. The van der Waals surface area contributed by atoms with Crippen LogP contribution in [0.5, 0.6) is 0 Å². The van der Waals surface area contributed by atoms with Crippen LogP contribution in [-0.4, -0.2) is 34.1 Å². The van der Waals surface area contributed by atoms with E-state index in [0.29, 0.717) is 38.8 Å². The molecule has 166 valence electrons. The molecule has 0 saturated carbocycles. The molecule has 0 unspecified atom stereocenters. The quantitative estimate of drug-likeness (QED) is 0.585. The third-order valence-electron chi connectivity index (χ3n) is 6.68. The molecular weight excluding hydrogens is 398 g/mol. The maximum absolute atomic E-state index is 13.2. The zero-order valence-corrected chi connectivity index (χ0v) is 18.4. The Morgan fingerprint density at radius 2 is 1.38 bits per heavy atom. The van der Waals surface area contributed by atoms with Crippen molar-refractivity contribution < 1.29 is 15.0 Å². The molecule has 3 aromatic rings. The maximum Gasteiger partial charge on any atom is 0.225 e. The predicted molar refractivity (Wildman–Crippen MR) is 126 cm³/mol. The summed E-state index contributed by atoms with van der Waals surface area (Å²) in [5.74, 6) is -0.0699. The second kappa shape index (κ2) is 9.68. The smallest absolute Gasteiger partial charge is 0.225 e. The number of piperidine rings is 1. The second-order valence-electron chi connectivity index (χ2n) is 8.84. The van der Waals surface area contributed by atoms with Crippen molar-refractivity contribution in [3.05, 3.63) is 108 Å². The monoisotopic (exact) mass is 429 g/mol. The van der Waals surface area contributed by atoms with Crippen LogP contribution in [0.3, 0.4) is 0 Å². The standard InChI is InChI=1S/C28H31NO3/c30-26(29-20-18-27(31,19-21-29)24-12-6-2-7-13-24)22-28(32,25-14-8-3-9-15-25)17-16-23-10-4-1-5-11-23/h1-15,31-32H,16-22H2/t28-/m0/s1. The number of likely N-dealkylation sites (tertiary alicyclic amines) is 1. The van der Waals surface area contributed by atoms with Gasteiger partial charge in [0.05, 0.1) is 17.6 Å². The van der Waals surface area contributed by atoms with Gasteiger partial charge in [0.2, 0.25) is 5.91 Å². The average molecular weight is 430 g/mol. The molecule has 4 heteroatoms. The first-order chi connectivity index (χ1) is 15.5. The lowest BCUT2D eigenvalue weighted by molar-refractivity contribution is -0.141. The molecule has 4 nitrogen and oxygen atoms in total. The highest BCUT2D eigenvalue weighted by Gasteiger charge is 2.38. The summed E-state index contributed by atoms with van der Waals surface area (Å²) in [7, 11) is 0. The van der Waals surface area contributed by atoms with E-state index in [1.165, 1.54) is 0 Å². The van der Waals surface area contributed by atoms with Gasteiger partial charge in [0, 0.05) is 13.1 Å². The molecule has 0 spiro atoms. The molecule has 4 rings (SSSR count). The summed E-state index contributed by atoms with van der Waals surface area (Å²) in [6, 6.07) is 29.2. The van der Waals surface area contributed by atoms with Gasteiger partial charge in [-0.1, -0.05) is 91.0 Å². The Morgan fingerprint density at radius 1 is 0.844 bits per heavy atom. The van der Waals surface area contributed by atoms with E-state index in [2.05, 4.69) is 0 Å². The third-order valence-corrected chi connectivity index (χ3v) is 6.68. The molecule has 1 aliphatic heterocycles. The van der Waals surface area contributed by atoms with Gasteiger partial charge >= 0.3 is 0 Å². The van der Waals surface area contributed by atoms with Crippen LogP contribution in [0, 0.1) is 0 Å². The Bertz CT molecular complexity index is 999. The van der Waals surface area contributed by atoms with Gasteiger partial charge in [-0.05, 0) is 42.4 Å². The zero-order chi connectivity index (χ0) is 22.4. The molecule has 1 amide bonds. The van der Waals surface area contributed by atoms with Crippen LogP contribution in [0.25, 0.3) is 0 Å². The van der Waals surface area contributed by atoms with Crippen molar-refractivity contribution in [2.45, 2.75) is 43.3 Å². The Balaban J connectivity index is 1.45. The minimum Gasteiger partial charge on any atom is -0.385 e. The fourth-order valence-corrected chi connectivity index (χ4v) is 4.60. The summed E-state index contributed by atoms with van der Waals surface area (Å²) in [6.07, 6.45) is 2.18. The number of benzene rings is 3. The van der Waals surface area contributed by atoms with Crippen LogP contribution >= 0.6 is 0 Å². The highest BCUT2D eigenvalue weighted by Crippen LogP contribution is 2.35. The van der Waals surface area contributed by atoms with Crippen molar-refractivity contribution in [3.63, 3.8) is 0 Å². The van der Waals surface area contributed by atoms with Gasteiger partial charge in [0.25, 0.3) is 0 Å². The van der Waals surface area contributed by atoms with Gasteiger partial charge in [-0.25, -0.2) is 0 Å².